The zero-order valence-corrected chi connectivity index (χ0v) is 16.7. The van der Waals surface area contributed by atoms with E-state index < -0.39 is 0 Å². The number of nitrogens with zero attached hydrogens (tertiary/aromatic N) is 1. The van der Waals surface area contributed by atoms with Crippen LogP contribution in [0.1, 0.15) is 110 Å². The summed E-state index contributed by atoms with van der Waals surface area (Å²) in [5.74, 6) is 0. The van der Waals surface area contributed by atoms with E-state index in [4.69, 9.17) is 4.74 Å². The summed E-state index contributed by atoms with van der Waals surface area (Å²) in [7, 11) is 0. The summed E-state index contributed by atoms with van der Waals surface area (Å²) in [6, 6.07) is 0. The molecule has 2 heteroatoms. The third-order valence-electron chi connectivity index (χ3n) is 5.43. The first kappa shape index (κ1) is 22.0. The molecule has 0 N–H and O–H groups in total. The van der Waals surface area contributed by atoms with Gasteiger partial charge in [0.25, 0.3) is 0 Å². The Labute approximate surface area is 152 Å². The van der Waals surface area contributed by atoms with Crippen LogP contribution in [0, 0.1) is 0 Å². The van der Waals surface area contributed by atoms with Crippen molar-refractivity contribution < 1.29 is 4.74 Å². The van der Waals surface area contributed by atoms with Crippen LogP contribution in [0.2, 0.25) is 0 Å². The molecule has 0 unspecified atom stereocenters. The standard InChI is InChI=1S/C22H45NO/c1-2-3-4-5-6-7-8-9-10-11-12-13-14-15-16-17-18-23-19-21-24-22-20-23/h2-22H2,1H3. The molecule has 144 valence electrons. The molecule has 1 aliphatic rings. The lowest BCUT2D eigenvalue weighted by molar-refractivity contribution is 0.0371. The van der Waals surface area contributed by atoms with Crippen molar-refractivity contribution in [3.8, 4) is 0 Å². The monoisotopic (exact) mass is 339 g/mol. The number of hydrogen-bond donors (Lipinski definition) is 0. The predicted octanol–water partition coefficient (Wildman–Crippen LogP) is 6.58. The number of ether oxygens (including phenoxy) is 1. The van der Waals surface area contributed by atoms with Gasteiger partial charge in [0.1, 0.15) is 0 Å². The molecule has 0 saturated carbocycles. The molecule has 24 heavy (non-hydrogen) atoms. The third-order valence-corrected chi connectivity index (χ3v) is 5.43. The highest BCUT2D eigenvalue weighted by Gasteiger charge is 2.08. The van der Waals surface area contributed by atoms with Crippen LogP contribution in [0.3, 0.4) is 0 Å². The van der Waals surface area contributed by atoms with Crippen molar-refractivity contribution >= 4 is 0 Å². The second-order valence-corrected chi connectivity index (χ2v) is 7.76. The quantitative estimate of drug-likeness (QED) is 0.277. The van der Waals surface area contributed by atoms with Crippen LogP contribution in [0.5, 0.6) is 0 Å². The number of morpholine rings is 1. The SMILES string of the molecule is CCCCCCCCCCCCCCCCCCN1CCOCC1. The Kier molecular flexibility index (Phi) is 16.2. The molecular weight excluding hydrogens is 294 g/mol. The minimum Gasteiger partial charge on any atom is -0.379 e. The van der Waals surface area contributed by atoms with Gasteiger partial charge in [-0.15, -0.1) is 0 Å². The number of unbranched alkanes of at least 4 members (excludes halogenated alkanes) is 15. The lowest BCUT2D eigenvalue weighted by Crippen LogP contribution is -2.36. The van der Waals surface area contributed by atoms with Gasteiger partial charge in [0.15, 0.2) is 0 Å². The summed E-state index contributed by atoms with van der Waals surface area (Å²) < 4.78 is 5.39. The van der Waals surface area contributed by atoms with E-state index in [-0.39, 0.29) is 0 Å². The van der Waals surface area contributed by atoms with Crippen LogP contribution in [0.15, 0.2) is 0 Å². The van der Waals surface area contributed by atoms with E-state index in [1.807, 2.05) is 0 Å². The molecule has 0 aromatic heterocycles. The summed E-state index contributed by atoms with van der Waals surface area (Å²) in [6.45, 7) is 7.78. The Morgan fingerprint density at radius 3 is 1.33 bits per heavy atom. The maximum atomic E-state index is 5.39. The Balaban J connectivity index is 1.66. The second kappa shape index (κ2) is 17.7. The van der Waals surface area contributed by atoms with Crippen LogP contribution in [0.25, 0.3) is 0 Å². The van der Waals surface area contributed by atoms with E-state index >= 15 is 0 Å². The Bertz CT molecular complexity index is 238. The van der Waals surface area contributed by atoms with Crippen LogP contribution in [0.4, 0.5) is 0 Å². The highest BCUT2D eigenvalue weighted by atomic mass is 16.5. The summed E-state index contributed by atoms with van der Waals surface area (Å²) in [5.41, 5.74) is 0. The van der Waals surface area contributed by atoms with Gasteiger partial charge in [0.2, 0.25) is 0 Å². The minimum absolute atomic E-state index is 0.943. The lowest BCUT2D eigenvalue weighted by atomic mass is 10.0. The van der Waals surface area contributed by atoms with Crippen LogP contribution >= 0.6 is 0 Å². The molecule has 2 nitrogen and oxygen atoms in total. The van der Waals surface area contributed by atoms with Crippen molar-refractivity contribution in [2.45, 2.75) is 110 Å². The van der Waals surface area contributed by atoms with Crippen molar-refractivity contribution in [2.75, 3.05) is 32.8 Å². The van der Waals surface area contributed by atoms with Gasteiger partial charge in [0, 0.05) is 13.1 Å². The molecule has 1 aliphatic heterocycles. The molecule has 0 aliphatic carbocycles. The summed E-state index contributed by atoms with van der Waals surface area (Å²) in [5, 5.41) is 0. The maximum Gasteiger partial charge on any atom is 0.0594 e. The molecule has 0 amide bonds. The molecule has 0 aromatic rings. The van der Waals surface area contributed by atoms with E-state index in [1.165, 1.54) is 109 Å². The van der Waals surface area contributed by atoms with Crippen molar-refractivity contribution in [2.24, 2.45) is 0 Å². The number of rotatable bonds is 17. The summed E-state index contributed by atoms with van der Waals surface area (Å²) in [4.78, 5) is 2.56. The first-order valence-corrected chi connectivity index (χ1v) is 11.2. The van der Waals surface area contributed by atoms with E-state index in [1.54, 1.807) is 0 Å². The van der Waals surface area contributed by atoms with Crippen LogP contribution in [-0.4, -0.2) is 37.7 Å². The molecule has 1 fully saturated rings. The highest BCUT2D eigenvalue weighted by Crippen LogP contribution is 2.13. The fourth-order valence-electron chi connectivity index (χ4n) is 3.71. The van der Waals surface area contributed by atoms with E-state index in [0.717, 1.165) is 26.3 Å². The smallest absolute Gasteiger partial charge is 0.0594 e. The fraction of sp³-hybridized carbons (Fsp3) is 1.00. The highest BCUT2D eigenvalue weighted by molar-refractivity contribution is 4.61. The lowest BCUT2D eigenvalue weighted by Gasteiger charge is -2.26. The third kappa shape index (κ3) is 14.3. The van der Waals surface area contributed by atoms with Gasteiger partial charge in [-0.05, 0) is 13.0 Å². The molecule has 1 saturated heterocycles. The molecule has 0 aromatic carbocycles. The average molecular weight is 340 g/mol. The average Bonchev–Trinajstić information content (AvgIpc) is 2.62. The van der Waals surface area contributed by atoms with Crippen molar-refractivity contribution in [3.63, 3.8) is 0 Å². The topological polar surface area (TPSA) is 12.5 Å². The molecule has 1 rings (SSSR count). The molecule has 0 spiro atoms. The van der Waals surface area contributed by atoms with E-state index in [2.05, 4.69) is 11.8 Å². The molecule has 0 bridgehead atoms. The molecular formula is C22H45NO. The van der Waals surface area contributed by atoms with E-state index in [9.17, 15) is 0 Å². The second-order valence-electron chi connectivity index (χ2n) is 7.76. The van der Waals surface area contributed by atoms with Crippen LogP contribution < -0.4 is 0 Å². The van der Waals surface area contributed by atoms with Gasteiger partial charge >= 0.3 is 0 Å². The summed E-state index contributed by atoms with van der Waals surface area (Å²) in [6.07, 6.45) is 23.3. The van der Waals surface area contributed by atoms with Crippen molar-refractivity contribution in [3.05, 3.63) is 0 Å². The van der Waals surface area contributed by atoms with Gasteiger partial charge in [0.05, 0.1) is 13.2 Å². The van der Waals surface area contributed by atoms with Gasteiger partial charge < -0.3 is 4.74 Å². The minimum atomic E-state index is 0.943. The Hall–Kier alpha value is -0.0800. The molecule has 0 atom stereocenters. The van der Waals surface area contributed by atoms with Crippen molar-refractivity contribution in [1.29, 1.82) is 0 Å². The van der Waals surface area contributed by atoms with E-state index in [0.29, 0.717) is 0 Å². The summed E-state index contributed by atoms with van der Waals surface area (Å²) >= 11 is 0. The number of hydrogen-bond acceptors (Lipinski definition) is 2. The van der Waals surface area contributed by atoms with Gasteiger partial charge in [-0.1, -0.05) is 103 Å². The normalized spacial score (nSPS) is 15.9. The maximum absolute atomic E-state index is 5.39. The zero-order valence-electron chi connectivity index (χ0n) is 16.7. The van der Waals surface area contributed by atoms with Gasteiger partial charge in [-0.3, -0.25) is 4.90 Å². The van der Waals surface area contributed by atoms with Gasteiger partial charge in [-0.25, -0.2) is 0 Å². The Morgan fingerprint density at radius 1 is 0.542 bits per heavy atom. The first-order valence-electron chi connectivity index (χ1n) is 11.2. The zero-order chi connectivity index (χ0) is 17.1. The Morgan fingerprint density at radius 2 is 0.917 bits per heavy atom. The first-order chi connectivity index (χ1) is 11.9. The predicted molar refractivity (Wildman–Crippen MR) is 107 cm³/mol. The van der Waals surface area contributed by atoms with Crippen LogP contribution in [-0.2, 0) is 4.74 Å². The molecule has 0 radical (unpaired) electrons. The molecule has 1 heterocycles. The largest absolute Gasteiger partial charge is 0.379 e. The van der Waals surface area contributed by atoms with Gasteiger partial charge in [-0.2, -0.15) is 0 Å². The fourth-order valence-corrected chi connectivity index (χ4v) is 3.71. The van der Waals surface area contributed by atoms with Crippen molar-refractivity contribution in [1.82, 2.24) is 4.90 Å².